The number of hydrogen-bond acceptors (Lipinski definition) is 6. The summed E-state index contributed by atoms with van der Waals surface area (Å²) in [4.78, 5) is 15.2. The summed E-state index contributed by atoms with van der Waals surface area (Å²) in [7, 11) is 1.72. The van der Waals surface area contributed by atoms with Crippen molar-refractivity contribution in [2.75, 3.05) is 12.8 Å². The zero-order valence-electron chi connectivity index (χ0n) is 8.69. The van der Waals surface area contributed by atoms with Crippen LogP contribution in [0.15, 0.2) is 4.34 Å². The fourth-order valence-corrected chi connectivity index (χ4v) is 2.74. The maximum atomic E-state index is 10.9. The highest BCUT2D eigenvalue weighted by atomic mass is 32.2. The molecule has 0 aromatic carbocycles. The highest BCUT2D eigenvalue weighted by Gasteiger charge is 2.14. The monoisotopic (exact) mass is 246 g/mol. The van der Waals surface area contributed by atoms with Crippen LogP contribution in [0.5, 0.6) is 0 Å². The number of hydrogen-bond donors (Lipinski definition) is 2. The molecule has 1 unspecified atom stereocenters. The highest BCUT2D eigenvalue weighted by Crippen LogP contribution is 2.20. The van der Waals surface area contributed by atoms with Crippen LogP contribution in [0.4, 0.5) is 0 Å². The first kappa shape index (κ1) is 12.4. The summed E-state index contributed by atoms with van der Waals surface area (Å²) in [5, 5.41) is 2.85. The smallest absolute Gasteiger partial charge is 0.235 e. The van der Waals surface area contributed by atoms with Gasteiger partial charge >= 0.3 is 0 Å². The van der Waals surface area contributed by atoms with Gasteiger partial charge in [-0.2, -0.15) is 4.37 Å². The summed E-state index contributed by atoms with van der Waals surface area (Å²) < 4.78 is 5.04. The van der Waals surface area contributed by atoms with Crippen LogP contribution in [-0.2, 0) is 11.2 Å². The van der Waals surface area contributed by atoms with Crippen LogP contribution >= 0.6 is 23.3 Å². The summed E-state index contributed by atoms with van der Waals surface area (Å²) in [5.41, 5.74) is 5.20. The van der Waals surface area contributed by atoms with Gasteiger partial charge in [-0.25, -0.2) is 4.98 Å². The molecule has 0 bridgehead atoms. The second-order valence-corrected chi connectivity index (χ2v) is 4.90. The Kier molecular flexibility index (Phi) is 5.00. The molecule has 1 aromatic rings. The van der Waals surface area contributed by atoms with Gasteiger partial charge in [0.25, 0.3) is 0 Å². The molecule has 0 spiro atoms. The third kappa shape index (κ3) is 3.77. The Bertz CT molecular complexity index is 328. The van der Waals surface area contributed by atoms with Gasteiger partial charge in [0, 0.05) is 12.2 Å². The molecule has 0 aliphatic heterocycles. The van der Waals surface area contributed by atoms with Gasteiger partial charge < -0.3 is 11.1 Å². The maximum absolute atomic E-state index is 10.9. The maximum Gasteiger partial charge on any atom is 0.235 e. The molecule has 15 heavy (non-hydrogen) atoms. The fraction of sp³-hybridized carbons (Fsp3) is 0.625. The third-order valence-corrected chi connectivity index (χ3v) is 3.80. The first-order valence-electron chi connectivity index (χ1n) is 4.59. The van der Waals surface area contributed by atoms with E-state index in [-0.39, 0.29) is 11.9 Å². The quantitative estimate of drug-likeness (QED) is 0.704. The average molecular weight is 246 g/mol. The Balaban J connectivity index is 2.45. The first-order chi connectivity index (χ1) is 7.17. The number of carbonyl (C=O) groups is 1. The minimum absolute atomic E-state index is 0.316. The SMILES string of the molecule is CCc1nsc(SCC(NC)C(N)=O)n1. The van der Waals surface area contributed by atoms with E-state index in [1.165, 1.54) is 23.3 Å². The Labute approximate surface area is 97.0 Å². The van der Waals surface area contributed by atoms with E-state index in [1.807, 2.05) is 6.92 Å². The molecule has 84 valence electrons. The molecule has 0 aliphatic carbocycles. The number of nitrogens with two attached hydrogens (primary N) is 1. The molecule has 1 aromatic heterocycles. The van der Waals surface area contributed by atoms with E-state index < -0.39 is 0 Å². The molecule has 1 amide bonds. The molecule has 0 fully saturated rings. The number of primary amides is 1. The highest BCUT2D eigenvalue weighted by molar-refractivity contribution is 8.01. The molecule has 0 saturated carbocycles. The van der Waals surface area contributed by atoms with Gasteiger partial charge in [0.15, 0.2) is 4.34 Å². The topological polar surface area (TPSA) is 80.9 Å². The van der Waals surface area contributed by atoms with Crippen molar-refractivity contribution in [2.24, 2.45) is 5.73 Å². The summed E-state index contributed by atoms with van der Waals surface area (Å²) in [6.07, 6.45) is 0.836. The molecule has 1 atom stereocenters. The van der Waals surface area contributed by atoms with Crippen LogP contribution in [0.3, 0.4) is 0 Å². The lowest BCUT2D eigenvalue weighted by Gasteiger charge is -2.09. The number of rotatable bonds is 6. The molecule has 3 N–H and O–H groups in total. The molecule has 0 aliphatic rings. The molecular formula is C8H14N4OS2. The minimum atomic E-state index is -0.342. The number of thioether (sulfide) groups is 1. The molecule has 0 radical (unpaired) electrons. The number of carbonyl (C=O) groups excluding carboxylic acids is 1. The van der Waals surface area contributed by atoms with Crippen LogP contribution in [0, 0.1) is 0 Å². The number of likely N-dealkylation sites (N-methyl/N-ethyl adjacent to an activating group) is 1. The molecular weight excluding hydrogens is 232 g/mol. The van der Waals surface area contributed by atoms with Gasteiger partial charge in [-0.1, -0.05) is 18.7 Å². The van der Waals surface area contributed by atoms with E-state index in [0.717, 1.165) is 16.6 Å². The molecule has 7 heteroatoms. The summed E-state index contributed by atoms with van der Waals surface area (Å²) in [6, 6.07) is -0.316. The lowest BCUT2D eigenvalue weighted by atomic mass is 10.3. The van der Waals surface area contributed by atoms with E-state index in [9.17, 15) is 4.79 Å². The molecule has 0 saturated heterocycles. The summed E-state index contributed by atoms with van der Waals surface area (Å²) >= 11 is 2.86. The molecule has 1 rings (SSSR count). The Morgan fingerprint density at radius 2 is 2.47 bits per heavy atom. The zero-order valence-corrected chi connectivity index (χ0v) is 10.3. The van der Waals surface area contributed by atoms with Crippen molar-refractivity contribution in [3.05, 3.63) is 5.82 Å². The zero-order chi connectivity index (χ0) is 11.3. The van der Waals surface area contributed by atoms with Gasteiger partial charge in [0.05, 0.1) is 6.04 Å². The number of amides is 1. The minimum Gasteiger partial charge on any atom is -0.368 e. The van der Waals surface area contributed by atoms with Gasteiger partial charge in [-0.05, 0) is 18.6 Å². The van der Waals surface area contributed by atoms with E-state index >= 15 is 0 Å². The second-order valence-electron chi connectivity index (χ2n) is 2.88. The van der Waals surface area contributed by atoms with E-state index in [1.54, 1.807) is 7.05 Å². The Morgan fingerprint density at radius 1 is 1.73 bits per heavy atom. The van der Waals surface area contributed by atoms with Crippen molar-refractivity contribution < 1.29 is 4.79 Å². The summed E-state index contributed by atoms with van der Waals surface area (Å²) in [5.74, 6) is 1.09. The van der Waals surface area contributed by atoms with Gasteiger partial charge in [-0.3, -0.25) is 4.79 Å². The lowest BCUT2D eigenvalue weighted by molar-refractivity contribution is -0.119. The second kappa shape index (κ2) is 6.04. The number of nitrogens with one attached hydrogen (secondary N) is 1. The predicted octanol–water partition coefficient (Wildman–Crippen LogP) is 0.266. The Hall–Kier alpha value is -0.660. The largest absolute Gasteiger partial charge is 0.368 e. The fourth-order valence-electron chi connectivity index (χ4n) is 0.903. The van der Waals surface area contributed by atoms with Gasteiger partial charge in [-0.15, -0.1) is 0 Å². The van der Waals surface area contributed by atoms with Crippen LogP contribution in [-0.4, -0.2) is 34.1 Å². The number of aryl methyl sites for hydroxylation is 1. The van der Waals surface area contributed by atoms with Crippen molar-refractivity contribution >= 4 is 29.2 Å². The van der Waals surface area contributed by atoms with Crippen molar-refractivity contribution in [1.29, 1.82) is 0 Å². The average Bonchev–Trinajstić information content (AvgIpc) is 2.66. The summed E-state index contributed by atoms with van der Waals surface area (Å²) in [6.45, 7) is 2.01. The van der Waals surface area contributed by atoms with Crippen molar-refractivity contribution in [2.45, 2.75) is 23.7 Å². The molecule has 1 heterocycles. The predicted molar refractivity (Wildman–Crippen MR) is 62.1 cm³/mol. The Morgan fingerprint density at radius 3 is 2.93 bits per heavy atom. The van der Waals surface area contributed by atoms with E-state index in [4.69, 9.17) is 5.73 Å². The standard InChI is InChI=1S/C8H14N4OS2/c1-3-6-11-8(15-12-6)14-4-5(10-2)7(9)13/h5,10H,3-4H2,1-2H3,(H2,9,13). The van der Waals surface area contributed by atoms with Crippen molar-refractivity contribution in [3.8, 4) is 0 Å². The van der Waals surface area contributed by atoms with E-state index in [0.29, 0.717) is 5.75 Å². The normalized spacial score (nSPS) is 12.7. The number of aromatic nitrogens is 2. The van der Waals surface area contributed by atoms with Gasteiger partial charge in [0.2, 0.25) is 5.91 Å². The lowest BCUT2D eigenvalue weighted by Crippen LogP contribution is -2.41. The van der Waals surface area contributed by atoms with Crippen molar-refractivity contribution in [1.82, 2.24) is 14.7 Å². The van der Waals surface area contributed by atoms with Crippen LogP contribution < -0.4 is 11.1 Å². The van der Waals surface area contributed by atoms with Crippen LogP contribution in [0.1, 0.15) is 12.7 Å². The first-order valence-corrected chi connectivity index (χ1v) is 6.35. The van der Waals surface area contributed by atoms with E-state index in [2.05, 4.69) is 14.7 Å². The van der Waals surface area contributed by atoms with Gasteiger partial charge in [0.1, 0.15) is 5.82 Å². The van der Waals surface area contributed by atoms with Crippen LogP contribution in [0.2, 0.25) is 0 Å². The van der Waals surface area contributed by atoms with Crippen LogP contribution in [0.25, 0.3) is 0 Å². The third-order valence-electron chi connectivity index (χ3n) is 1.83. The number of nitrogens with zero attached hydrogens (tertiary/aromatic N) is 2. The van der Waals surface area contributed by atoms with Crippen molar-refractivity contribution in [3.63, 3.8) is 0 Å². The molecule has 5 nitrogen and oxygen atoms in total.